The minimum absolute atomic E-state index is 0.0633. The molecule has 1 amide bonds. The smallest absolute Gasteiger partial charge is 0.262 e. The van der Waals surface area contributed by atoms with E-state index in [0.717, 1.165) is 63.2 Å². The van der Waals surface area contributed by atoms with Crippen LogP contribution >= 0.6 is 0 Å². The molecule has 2 aromatic carbocycles. The molecule has 3 aromatic rings. The average Bonchev–Trinajstić information content (AvgIpc) is 3.68. The van der Waals surface area contributed by atoms with Crippen molar-refractivity contribution in [3.63, 3.8) is 0 Å². The van der Waals surface area contributed by atoms with Gasteiger partial charge in [0.05, 0.1) is 30.7 Å². The molecule has 1 saturated carbocycles. The second-order valence-corrected chi connectivity index (χ2v) is 9.37. The lowest BCUT2D eigenvalue weighted by molar-refractivity contribution is -0.121. The van der Waals surface area contributed by atoms with E-state index in [0.29, 0.717) is 29.1 Å². The highest BCUT2D eigenvalue weighted by molar-refractivity contribution is 5.83. The van der Waals surface area contributed by atoms with Crippen molar-refractivity contribution < 1.29 is 14.3 Å². The summed E-state index contributed by atoms with van der Waals surface area (Å²) in [6, 6.07) is 13.5. The van der Waals surface area contributed by atoms with Crippen molar-refractivity contribution in [1.82, 2.24) is 19.8 Å². The predicted molar refractivity (Wildman–Crippen MR) is 135 cm³/mol. The first-order valence-electron chi connectivity index (χ1n) is 12.4. The zero-order chi connectivity index (χ0) is 24.2. The van der Waals surface area contributed by atoms with Crippen LogP contribution in [0.15, 0.2) is 47.3 Å². The Hall–Kier alpha value is -3.23. The molecule has 1 saturated heterocycles. The summed E-state index contributed by atoms with van der Waals surface area (Å²) >= 11 is 0. The van der Waals surface area contributed by atoms with Gasteiger partial charge in [0.2, 0.25) is 5.91 Å². The molecule has 0 atom stereocenters. The molecule has 8 nitrogen and oxygen atoms in total. The standard InChI is InChI=1S/C27H32N4O4/c1-19-4-2-5-20(16-19)26-29-24-9-8-22(35-13-3-10-30-11-14-34-15-12-30)17-23(24)27(33)31(26)18-25(32)28-21-6-7-21/h2,4-5,8-9,16-17,21H,3,6-7,10-15,18H2,1H3,(H,28,32). The molecule has 0 radical (unpaired) electrons. The minimum atomic E-state index is -0.240. The quantitative estimate of drug-likeness (QED) is 0.478. The maximum Gasteiger partial charge on any atom is 0.262 e. The molecule has 2 fully saturated rings. The Balaban J connectivity index is 1.39. The van der Waals surface area contributed by atoms with Crippen molar-refractivity contribution in [2.75, 3.05) is 39.5 Å². The van der Waals surface area contributed by atoms with Crippen LogP contribution in [0.25, 0.3) is 22.3 Å². The highest BCUT2D eigenvalue weighted by atomic mass is 16.5. The number of carbonyl (C=O) groups is 1. The molecule has 2 heterocycles. The molecule has 0 unspecified atom stereocenters. The molecule has 0 spiro atoms. The molecular weight excluding hydrogens is 444 g/mol. The van der Waals surface area contributed by atoms with Gasteiger partial charge in [-0.2, -0.15) is 0 Å². The number of nitrogens with one attached hydrogen (secondary N) is 1. The number of fused-ring (bicyclic) bond motifs is 1. The summed E-state index contributed by atoms with van der Waals surface area (Å²) in [5, 5.41) is 3.43. The summed E-state index contributed by atoms with van der Waals surface area (Å²) in [6.45, 7) is 6.94. The summed E-state index contributed by atoms with van der Waals surface area (Å²) in [7, 11) is 0. The minimum Gasteiger partial charge on any atom is -0.494 e. The number of hydrogen-bond acceptors (Lipinski definition) is 6. The number of benzene rings is 2. The summed E-state index contributed by atoms with van der Waals surface area (Å²) < 4.78 is 12.8. The maximum absolute atomic E-state index is 13.6. The number of rotatable bonds is 9. The topological polar surface area (TPSA) is 85.7 Å². The van der Waals surface area contributed by atoms with Gasteiger partial charge >= 0.3 is 0 Å². The van der Waals surface area contributed by atoms with Crippen LogP contribution in [-0.2, 0) is 16.1 Å². The van der Waals surface area contributed by atoms with Crippen LogP contribution < -0.4 is 15.6 Å². The van der Waals surface area contributed by atoms with Gasteiger partial charge in [0.15, 0.2) is 0 Å². The normalized spacial score (nSPS) is 16.4. The molecule has 0 bridgehead atoms. The van der Waals surface area contributed by atoms with E-state index in [-0.39, 0.29) is 24.1 Å². The van der Waals surface area contributed by atoms with Gasteiger partial charge in [-0.15, -0.1) is 0 Å². The van der Waals surface area contributed by atoms with Crippen molar-refractivity contribution in [3.8, 4) is 17.1 Å². The molecule has 184 valence electrons. The van der Waals surface area contributed by atoms with Crippen LogP contribution in [0.4, 0.5) is 0 Å². The first kappa shape index (κ1) is 23.5. The van der Waals surface area contributed by atoms with E-state index < -0.39 is 0 Å². The summed E-state index contributed by atoms with van der Waals surface area (Å²) in [5.74, 6) is 0.965. The summed E-state index contributed by atoms with van der Waals surface area (Å²) in [4.78, 5) is 33.4. The van der Waals surface area contributed by atoms with E-state index in [4.69, 9.17) is 14.5 Å². The lowest BCUT2D eigenvalue weighted by atomic mass is 10.1. The summed E-state index contributed by atoms with van der Waals surface area (Å²) in [6.07, 6.45) is 2.88. The van der Waals surface area contributed by atoms with Crippen LogP contribution in [0.5, 0.6) is 5.75 Å². The Bertz CT molecular complexity index is 1260. The first-order valence-corrected chi connectivity index (χ1v) is 12.4. The predicted octanol–water partition coefficient (Wildman–Crippen LogP) is 2.75. The van der Waals surface area contributed by atoms with Crippen LogP contribution in [0.2, 0.25) is 0 Å². The van der Waals surface area contributed by atoms with Gasteiger partial charge in [-0.05, 0) is 50.5 Å². The van der Waals surface area contributed by atoms with Crippen molar-refractivity contribution in [3.05, 3.63) is 58.4 Å². The number of aromatic nitrogens is 2. The third kappa shape index (κ3) is 5.89. The Morgan fingerprint density at radius 1 is 1.17 bits per heavy atom. The lowest BCUT2D eigenvalue weighted by Crippen LogP contribution is -2.37. The third-order valence-electron chi connectivity index (χ3n) is 6.44. The Kier molecular flexibility index (Phi) is 7.11. The molecule has 1 N–H and O–H groups in total. The van der Waals surface area contributed by atoms with Gasteiger partial charge in [0.1, 0.15) is 18.1 Å². The number of aryl methyl sites for hydroxylation is 1. The van der Waals surface area contributed by atoms with Crippen LogP contribution in [-0.4, -0.2) is 65.9 Å². The summed E-state index contributed by atoms with van der Waals surface area (Å²) in [5.41, 5.74) is 2.22. The van der Waals surface area contributed by atoms with E-state index in [9.17, 15) is 9.59 Å². The van der Waals surface area contributed by atoms with Gasteiger partial charge < -0.3 is 14.8 Å². The Morgan fingerprint density at radius 3 is 2.77 bits per heavy atom. The van der Waals surface area contributed by atoms with Crippen molar-refractivity contribution in [1.29, 1.82) is 0 Å². The highest BCUT2D eigenvalue weighted by Gasteiger charge is 2.24. The molecule has 2 aliphatic rings. The van der Waals surface area contributed by atoms with Crippen molar-refractivity contribution in [2.45, 2.75) is 38.8 Å². The fraction of sp³-hybridized carbons (Fsp3) is 0.444. The van der Waals surface area contributed by atoms with Crippen LogP contribution in [0.1, 0.15) is 24.8 Å². The Morgan fingerprint density at radius 2 is 2.00 bits per heavy atom. The lowest BCUT2D eigenvalue weighted by Gasteiger charge is -2.26. The number of ether oxygens (including phenoxy) is 2. The molecule has 8 heteroatoms. The monoisotopic (exact) mass is 476 g/mol. The van der Waals surface area contributed by atoms with Gasteiger partial charge in [-0.3, -0.25) is 19.1 Å². The van der Waals surface area contributed by atoms with Gasteiger partial charge in [-0.1, -0.05) is 23.8 Å². The van der Waals surface area contributed by atoms with E-state index >= 15 is 0 Å². The maximum atomic E-state index is 13.6. The fourth-order valence-corrected chi connectivity index (χ4v) is 4.39. The molecule has 35 heavy (non-hydrogen) atoms. The average molecular weight is 477 g/mol. The third-order valence-corrected chi connectivity index (χ3v) is 6.44. The highest BCUT2D eigenvalue weighted by Crippen LogP contribution is 2.23. The first-order chi connectivity index (χ1) is 17.1. The molecule has 5 rings (SSSR count). The second kappa shape index (κ2) is 10.6. The van der Waals surface area contributed by atoms with E-state index in [1.807, 2.05) is 43.3 Å². The van der Waals surface area contributed by atoms with Crippen LogP contribution in [0.3, 0.4) is 0 Å². The molecule has 1 aromatic heterocycles. The van der Waals surface area contributed by atoms with E-state index in [1.165, 1.54) is 4.57 Å². The van der Waals surface area contributed by atoms with Crippen LogP contribution in [0, 0.1) is 6.92 Å². The molecule has 1 aliphatic carbocycles. The zero-order valence-corrected chi connectivity index (χ0v) is 20.2. The number of morpholine rings is 1. The number of nitrogens with zero attached hydrogens (tertiary/aromatic N) is 3. The zero-order valence-electron chi connectivity index (χ0n) is 20.2. The van der Waals surface area contributed by atoms with Crippen molar-refractivity contribution in [2.24, 2.45) is 0 Å². The van der Waals surface area contributed by atoms with Gasteiger partial charge in [-0.25, -0.2) is 4.98 Å². The SMILES string of the molecule is Cc1cccc(-c2nc3ccc(OCCCN4CCOCC4)cc3c(=O)n2CC(=O)NC2CC2)c1. The van der Waals surface area contributed by atoms with Gasteiger partial charge in [0, 0.05) is 31.2 Å². The second-order valence-electron chi connectivity index (χ2n) is 9.37. The molecular formula is C27H32N4O4. The fourth-order valence-electron chi connectivity index (χ4n) is 4.39. The number of carbonyl (C=O) groups excluding carboxylic acids is 1. The van der Waals surface area contributed by atoms with E-state index in [2.05, 4.69) is 10.2 Å². The Labute approximate surface area is 204 Å². The molecule has 1 aliphatic heterocycles. The van der Waals surface area contributed by atoms with Crippen molar-refractivity contribution >= 4 is 16.8 Å². The number of amides is 1. The largest absolute Gasteiger partial charge is 0.494 e. The van der Waals surface area contributed by atoms with Gasteiger partial charge in [0.25, 0.3) is 5.56 Å². The van der Waals surface area contributed by atoms with E-state index in [1.54, 1.807) is 6.07 Å². The number of hydrogen-bond donors (Lipinski definition) is 1.